The van der Waals surface area contributed by atoms with Crippen molar-refractivity contribution in [3.63, 3.8) is 0 Å². The Bertz CT molecular complexity index is 273. The first-order valence-corrected chi connectivity index (χ1v) is 12.2. The fraction of sp³-hybridized carbons (Fsp3) is 0.846. The summed E-state index contributed by atoms with van der Waals surface area (Å²) < 4.78 is 6.20. The molecule has 3 unspecified atom stereocenters. The lowest BCUT2D eigenvalue weighted by atomic mass is 9.91. The van der Waals surface area contributed by atoms with Crippen molar-refractivity contribution in [1.29, 1.82) is 0 Å². The van der Waals surface area contributed by atoms with E-state index in [-0.39, 0.29) is 0 Å². The minimum Gasteiger partial charge on any atom is -0.456 e. The Kier molecular flexibility index (Phi) is 3.76. The van der Waals surface area contributed by atoms with E-state index in [1.807, 2.05) is 0 Å². The zero-order valence-electron chi connectivity index (χ0n) is 11.1. The molecule has 0 heterocycles. The molecule has 0 aromatic rings. The minimum atomic E-state index is -1.34. The van der Waals surface area contributed by atoms with Gasteiger partial charge in [-0.05, 0) is 62.8 Å². The molecule has 0 aromatic heterocycles. The van der Waals surface area contributed by atoms with Crippen LogP contribution in [0.4, 0.5) is 0 Å². The number of hydrogen-bond donors (Lipinski definition) is 0. The van der Waals surface area contributed by atoms with Gasteiger partial charge in [0, 0.05) is 0 Å². The molecule has 2 aliphatic rings. The SMILES string of the molecule is C[Si](C)O[Si](C)(C)CCC1CC2C=CC1C2. The van der Waals surface area contributed by atoms with Crippen molar-refractivity contribution in [3.05, 3.63) is 12.2 Å². The molecular formula is C13H25OSi2. The van der Waals surface area contributed by atoms with Crippen LogP contribution in [0.5, 0.6) is 0 Å². The Morgan fingerprint density at radius 3 is 2.50 bits per heavy atom. The molecule has 91 valence electrons. The van der Waals surface area contributed by atoms with E-state index in [0.717, 1.165) is 17.8 Å². The van der Waals surface area contributed by atoms with Crippen LogP contribution in [0.1, 0.15) is 19.3 Å². The van der Waals surface area contributed by atoms with Gasteiger partial charge in [0.15, 0.2) is 17.4 Å². The molecule has 3 atom stereocenters. The maximum absolute atomic E-state index is 6.20. The van der Waals surface area contributed by atoms with Crippen LogP contribution < -0.4 is 0 Å². The second kappa shape index (κ2) is 4.79. The normalized spacial score (nSPS) is 32.9. The van der Waals surface area contributed by atoms with Crippen molar-refractivity contribution in [1.82, 2.24) is 0 Å². The fourth-order valence-corrected chi connectivity index (χ4v) is 9.26. The summed E-state index contributed by atoms with van der Waals surface area (Å²) in [6, 6.07) is 1.37. The Hall–Kier alpha value is 0.134. The van der Waals surface area contributed by atoms with Gasteiger partial charge < -0.3 is 4.12 Å². The second-order valence-corrected chi connectivity index (χ2v) is 13.0. The Morgan fingerprint density at radius 1 is 1.25 bits per heavy atom. The van der Waals surface area contributed by atoms with E-state index in [2.05, 4.69) is 38.3 Å². The van der Waals surface area contributed by atoms with Gasteiger partial charge in [0.05, 0.1) is 0 Å². The Balaban J connectivity index is 1.77. The van der Waals surface area contributed by atoms with Gasteiger partial charge in [0.2, 0.25) is 0 Å². The van der Waals surface area contributed by atoms with Gasteiger partial charge in [0.1, 0.15) is 0 Å². The van der Waals surface area contributed by atoms with Crippen LogP contribution in [0.15, 0.2) is 12.2 Å². The predicted molar refractivity (Wildman–Crippen MR) is 74.3 cm³/mol. The van der Waals surface area contributed by atoms with Crippen LogP contribution in [-0.2, 0) is 4.12 Å². The number of hydrogen-bond acceptors (Lipinski definition) is 1. The largest absolute Gasteiger partial charge is 0.456 e. The zero-order valence-corrected chi connectivity index (χ0v) is 13.1. The summed E-state index contributed by atoms with van der Waals surface area (Å²) in [5, 5.41) is 0. The standard InChI is InChI=1S/C13H25OSi2/c1-15(2)14-16(3,4)8-7-13-10-11-5-6-12(13)9-11/h5-6,11-13H,7-10H2,1-4H3. The van der Waals surface area contributed by atoms with Crippen molar-refractivity contribution in [2.45, 2.75) is 51.5 Å². The lowest BCUT2D eigenvalue weighted by molar-refractivity contribution is 0.423. The van der Waals surface area contributed by atoms with E-state index in [1.165, 1.54) is 25.3 Å². The maximum Gasteiger partial charge on any atom is 0.191 e. The van der Waals surface area contributed by atoms with E-state index >= 15 is 0 Å². The highest BCUT2D eigenvalue weighted by atomic mass is 28.4. The summed E-state index contributed by atoms with van der Waals surface area (Å²) >= 11 is 0. The molecule has 2 rings (SSSR count). The molecule has 2 aliphatic carbocycles. The van der Waals surface area contributed by atoms with E-state index in [4.69, 9.17) is 4.12 Å². The average Bonchev–Trinajstić information content (AvgIpc) is 2.73. The molecule has 1 fully saturated rings. The Labute approximate surface area is 103 Å². The van der Waals surface area contributed by atoms with Gasteiger partial charge in [-0.2, -0.15) is 0 Å². The van der Waals surface area contributed by atoms with Gasteiger partial charge in [-0.15, -0.1) is 0 Å². The van der Waals surface area contributed by atoms with E-state index in [0.29, 0.717) is 0 Å². The van der Waals surface area contributed by atoms with Crippen molar-refractivity contribution < 1.29 is 4.12 Å². The summed E-state index contributed by atoms with van der Waals surface area (Å²) in [4.78, 5) is 0. The second-order valence-electron chi connectivity index (χ2n) is 6.35. The van der Waals surface area contributed by atoms with Crippen molar-refractivity contribution >= 4 is 17.4 Å². The molecule has 0 aliphatic heterocycles. The number of allylic oxidation sites excluding steroid dienone is 2. The van der Waals surface area contributed by atoms with E-state index in [9.17, 15) is 0 Å². The smallest absolute Gasteiger partial charge is 0.191 e. The first-order chi connectivity index (χ1) is 7.46. The molecule has 0 N–H and O–H groups in total. The molecule has 0 spiro atoms. The molecule has 0 aromatic carbocycles. The van der Waals surface area contributed by atoms with Crippen molar-refractivity contribution in [2.75, 3.05) is 0 Å². The van der Waals surface area contributed by atoms with Crippen LogP contribution in [0, 0.1) is 17.8 Å². The maximum atomic E-state index is 6.20. The summed E-state index contributed by atoms with van der Waals surface area (Å²) in [5.74, 6) is 2.83. The molecule has 1 nitrogen and oxygen atoms in total. The van der Waals surface area contributed by atoms with E-state index in [1.54, 1.807) is 0 Å². The summed E-state index contributed by atoms with van der Waals surface area (Å²) in [6.45, 7) is 9.32. The van der Waals surface area contributed by atoms with Gasteiger partial charge in [-0.25, -0.2) is 0 Å². The van der Waals surface area contributed by atoms with Crippen molar-refractivity contribution in [2.24, 2.45) is 17.8 Å². The minimum absolute atomic E-state index is 0.499. The molecule has 0 amide bonds. The molecule has 0 saturated heterocycles. The van der Waals surface area contributed by atoms with Gasteiger partial charge >= 0.3 is 0 Å². The third kappa shape index (κ3) is 3.08. The summed E-state index contributed by atoms with van der Waals surface area (Å²) in [6.07, 6.45) is 9.24. The third-order valence-corrected chi connectivity index (χ3v) is 9.35. The topological polar surface area (TPSA) is 9.23 Å². The molecule has 2 bridgehead atoms. The average molecular weight is 254 g/mol. The van der Waals surface area contributed by atoms with Gasteiger partial charge in [0.25, 0.3) is 0 Å². The van der Waals surface area contributed by atoms with Crippen LogP contribution in [0.25, 0.3) is 0 Å². The van der Waals surface area contributed by atoms with Crippen LogP contribution in [0.2, 0.25) is 32.2 Å². The quantitative estimate of drug-likeness (QED) is 0.530. The van der Waals surface area contributed by atoms with E-state index < -0.39 is 17.4 Å². The molecule has 3 heteroatoms. The van der Waals surface area contributed by atoms with Crippen LogP contribution in [0.3, 0.4) is 0 Å². The van der Waals surface area contributed by atoms with Crippen LogP contribution >= 0.6 is 0 Å². The number of fused-ring (bicyclic) bond motifs is 2. The monoisotopic (exact) mass is 253 g/mol. The van der Waals surface area contributed by atoms with Crippen molar-refractivity contribution in [3.8, 4) is 0 Å². The fourth-order valence-electron chi connectivity index (χ4n) is 3.36. The third-order valence-electron chi connectivity index (χ3n) is 4.01. The molecule has 1 saturated carbocycles. The zero-order chi connectivity index (χ0) is 11.8. The predicted octanol–water partition coefficient (Wildman–Crippen LogP) is 4.06. The molecule has 16 heavy (non-hydrogen) atoms. The van der Waals surface area contributed by atoms with Gasteiger partial charge in [-0.1, -0.05) is 18.6 Å². The lowest BCUT2D eigenvalue weighted by Crippen LogP contribution is -2.35. The molecular weight excluding hydrogens is 228 g/mol. The molecule has 1 radical (unpaired) electrons. The lowest BCUT2D eigenvalue weighted by Gasteiger charge is -2.28. The highest BCUT2D eigenvalue weighted by Gasteiger charge is 2.36. The number of rotatable bonds is 5. The first kappa shape index (κ1) is 12.6. The summed E-state index contributed by atoms with van der Waals surface area (Å²) in [5.41, 5.74) is 0. The van der Waals surface area contributed by atoms with Gasteiger partial charge in [-0.3, -0.25) is 0 Å². The van der Waals surface area contributed by atoms with Crippen LogP contribution in [-0.4, -0.2) is 17.4 Å². The summed E-state index contributed by atoms with van der Waals surface area (Å²) in [7, 11) is -1.84. The Morgan fingerprint density at radius 2 is 2.00 bits per heavy atom. The first-order valence-electron chi connectivity index (χ1n) is 6.64. The highest BCUT2D eigenvalue weighted by molar-refractivity contribution is 6.77. The highest BCUT2D eigenvalue weighted by Crippen LogP contribution is 2.46.